The number of aryl methyl sites for hydroxylation is 1. The van der Waals surface area contributed by atoms with Gasteiger partial charge in [-0.25, -0.2) is 0 Å². The number of anilines is 1. The molecule has 0 aliphatic heterocycles. The fourth-order valence-corrected chi connectivity index (χ4v) is 2.32. The van der Waals surface area contributed by atoms with Crippen LogP contribution in [0.2, 0.25) is 10.0 Å². The fourth-order valence-electron chi connectivity index (χ4n) is 1.83. The molecule has 0 bridgehead atoms. The SMILES string of the molecule is Cc1ccc(NCc2cc(Cl)ccc2[N+](=O)[O-])c(Cl)c1. The lowest BCUT2D eigenvalue weighted by atomic mass is 10.1. The zero-order chi connectivity index (χ0) is 14.7. The molecule has 0 aromatic heterocycles. The van der Waals surface area contributed by atoms with E-state index < -0.39 is 4.92 Å². The molecule has 6 heteroatoms. The molecular weight excluding hydrogens is 299 g/mol. The van der Waals surface area contributed by atoms with Crippen LogP contribution in [-0.4, -0.2) is 4.92 Å². The van der Waals surface area contributed by atoms with Crippen molar-refractivity contribution in [2.24, 2.45) is 0 Å². The Morgan fingerprint density at radius 2 is 1.95 bits per heavy atom. The number of halogens is 2. The zero-order valence-corrected chi connectivity index (χ0v) is 12.2. The highest BCUT2D eigenvalue weighted by Crippen LogP contribution is 2.26. The molecule has 0 heterocycles. The van der Waals surface area contributed by atoms with Crippen molar-refractivity contribution in [1.29, 1.82) is 0 Å². The quantitative estimate of drug-likeness (QED) is 0.650. The van der Waals surface area contributed by atoms with Crippen LogP contribution in [0.15, 0.2) is 36.4 Å². The summed E-state index contributed by atoms with van der Waals surface area (Å²) in [6, 6.07) is 10.1. The highest BCUT2D eigenvalue weighted by Gasteiger charge is 2.14. The van der Waals surface area contributed by atoms with Crippen molar-refractivity contribution in [3.8, 4) is 0 Å². The van der Waals surface area contributed by atoms with Crippen LogP contribution in [-0.2, 0) is 6.54 Å². The smallest absolute Gasteiger partial charge is 0.274 e. The van der Waals surface area contributed by atoms with E-state index in [4.69, 9.17) is 23.2 Å². The normalized spacial score (nSPS) is 10.3. The fraction of sp³-hybridized carbons (Fsp3) is 0.143. The van der Waals surface area contributed by atoms with E-state index in [1.165, 1.54) is 12.1 Å². The Balaban J connectivity index is 2.22. The summed E-state index contributed by atoms with van der Waals surface area (Å²) in [4.78, 5) is 10.5. The van der Waals surface area contributed by atoms with Gasteiger partial charge in [0.05, 0.1) is 21.2 Å². The maximum atomic E-state index is 11.0. The van der Waals surface area contributed by atoms with Gasteiger partial charge in [0, 0.05) is 17.6 Å². The Labute approximate surface area is 126 Å². The second kappa shape index (κ2) is 6.11. The van der Waals surface area contributed by atoms with Gasteiger partial charge >= 0.3 is 0 Å². The van der Waals surface area contributed by atoms with Crippen LogP contribution in [0.5, 0.6) is 0 Å². The third-order valence-corrected chi connectivity index (χ3v) is 3.38. The molecule has 104 valence electrons. The standard InChI is InChI=1S/C14H12Cl2N2O2/c1-9-2-4-13(12(16)6-9)17-8-10-7-11(15)3-5-14(10)18(19)20/h2-7,17H,8H2,1H3. The summed E-state index contributed by atoms with van der Waals surface area (Å²) < 4.78 is 0. The lowest BCUT2D eigenvalue weighted by molar-refractivity contribution is -0.385. The molecule has 0 saturated carbocycles. The molecule has 0 amide bonds. The first kappa shape index (κ1) is 14.6. The van der Waals surface area contributed by atoms with Gasteiger partial charge in [-0.15, -0.1) is 0 Å². The average Bonchev–Trinajstić information content (AvgIpc) is 2.37. The molecule has 2 rings (SSSR count). The van der Waals surface area contributed by atoms with Gasteiger partial charge in [0.2, 0.25) is 0 Å². The highest BCUT2D eigenvalue weighted by molar-refractivity contribution is 6.33. The Hall–Kier alpha value is -1.78. The second-order valence-electron chi connectivity index (χ2n) is 4.37. The van der Waals surface area contributed by atoms with Gasteiger partial charge in [-0.05, 0) is 36.8 Å². The average molecular weight is 311 g/mol. The van der Waals surface area contributed by atoms with Crippen molar-refractivity contribution >= 4 is 34.6 Å². The monoisotopic (exact) mass is 310 g/mol. The van der Waals surface area contributed by atoms with Crippen LogP contribution in [0.4, 0.5) is 11.4 Å². The van der Waals surface area contributed by atoms with Crippen LogP contribution < -0.4 is 5.32 Å². The summed E-state index contributed by atoms with van der Waals surface area (Å²) in [5.41, 5.74) is 2.32. The number of nitro groups is 1. The lowest BCUT2D eigenvalue weighted by Gasteiger charge is -2.09. The van der Waals surface area contributed by atoms with Crippen LogP contribution >= 0.6 is 23.2 Å². The van der Waals surface area contributed by atoms with E-state index >= 15 is 0 Å². The predicted octanol–water partition coefficient (Wildman–Crippen LogP) is 4.82. The van der Waals surface area contributed by atoms with Gasteiger partial charge in [0.25, 0.3) is 5.69 Å². The molecule has 0 atom stereocenters. The van der Waals surface area contributed by atoms with Crippen LogP contribution in [0, 0.1) is 17.0 Å². The molecule has 0 aliphatic carbocycles. The Bertz CT molecular complexity index is 660. The minimum absolute atomic E-state index is 0.0325. The lowest BCUT2D eigenvalue weighted by Crippen LogP contribution is -2.03. The second-order valence-corrected chi connectivity index (χ2v) is 5.21. The number of hydrogen-bond donors (Lipinski definition) is 1. The van der Waals surface area contributed by atoms with Gasteiger partial charge in [-0.1, -0.05) is 29.3 Å². The number of rotatable bonds is 4. The molecule has 20 heavy (non-hydrogen) atoms. The Morgan fingerprint density at radius 3 is 2.60 bits per heavy atom. The largest absolute Gasteiger partial charge is 0.379 e. The first-order valence-electron chi connectivity index (χ1n) is 5.90. The van der Waals surface area contributed by atoms with Gasteiger partial charge < -0.3 is 5.32 Å². The van der Waals surface area contributed by atoms with E-state index in [9.17, 15) is 10.1 Å². The molecule has 0 spiro atoms. The molecule has 2 aromatic rings. The maximum Gasteiger partial charge on any atom is 0.274 e. The van der Waals surface area contributed by atoms with Crippen molar-refractivity contribution in [2.75, 3.05) is 5.32 Å². The summed E-state index contributed by atoms with van der Waals surface area (Å²) in [5, 5.41) is 15.1. The minimum atomic E-state index is -0.426. The van der Waals surface area contributed by atoms with E-state index in [0.29, 0.717) is 15.6 Å². The van der Waals surface area contributed by atoms with Crippen LogP contribution in [0.3, 0.4) is 0 Å². The molecule has 0 unspecified atom stereocenters. The molecular formula is C14H12Cl2N2O2. The van der Waals surface area contributed by atoms with Gasteiger partial charge in [0.1, 0.15) is 0 Å². The molecule has 4 nitrogen and oxygen atoms in total. The first-order chi connectivity index (χ1) is 9.47. The molecule has 0 aliphatic rings. The summed E-state index contributed by atoms with van der Waals surface area (Å²) in [6.45, 7) is 2.22. The van der Waals surface area contributed by atoms with Crippen molar-refractivity contribution in [2.45, 2.75) is 13.5 Å². The summed E-state index contributed by atoms with van der Waals surface area (Å²) in [5.74, 6) is 0. The van der Waals surface area contributed by atoms with E-state index in [1.807, 2.05) is 25.1 Å². The number of nitro benzene ring substituents is 1. The number of nitrogens with zero attached hydrogens (tertiary/aromatic N) is 1. The van der Waals surface area contributed by atoms with Crippen LogP contribution in [0.1, 0.15) is 11.1 Å². The summed E-state index contributed by atoms with van der Waals surface area (Å²) in [7, 11) is 0. The van der Waals surface area contributed by atoms with Crippen molar-refractivity contribution < 1.29 is 4.92 Å². The topological polar surface area (TPSA) is 55.2 Å². The summed E-state index contributed by atoms with van der Waals surface area (Å²) >= 11 is 12.0. The number of hydrogen-bond acceptors (Lipinski definition) is 3. The van der Waals surface area contributed by atoms with Crippen molar-refractivity contribution in [3.63, 3.8) is 0 Å². The maximum absolute atomic E-state index is 11.0. The van der Waals surface area contributed by atoms with E-state index in [2.05, 4.69) is 5.32 Å². The van der Waals surface area contributed by atoms with E-state index in [1.54, 1.807) is 6.07 Å². The molecule has 0 fully saturated rings. The molecule has 0 radical (unpaired) electrons. The summed E-state index contributed by atoms with van der Waals surface area (Å²) in [6.07, 6.45) is 0. The third kappa shape index (κ3) is 3.40. The van der Waals surface area contributed by atoms with Gasteiger partial charge in [0.15, 0.2) is 0 Å². The Morgan fingerprint density at radius 1 is 1.20 bits per heavy atom. The minimum Gasteiger partial charge on any atom is -0.379 e. The van der Waals surface area contributed by atoms with Gasteiger partial charge in [-0.2, -0.15) is 0 Å². The van der Waals surface area contributed by atoms with Crippen LogP contribution in [0.25, 0.3) is 0 Å². The zero-order valence-electron chi connectivity index (χ0n) is 10.7. The van der Waals surface area contributed by atoms with Crippen molar-refractivity contribution in [3.05, 3.63) is 67.7 Å². The third-order valence-electron chi connectivity index (χ3n) is 2.83. The predicted molar refractivity (Wildman–Crippen MR) is 81.6 cm³/mol. The highest BCUT2D eigenvalue weighted by atomic mass is 35.5. The van der Waals surface area contributed by atoms with E-state index in [0.717, 1.165) is 11.3 Å². The van der Waals surface area contributed by atoms with Crippen molar-refractivity contribution in [1.82, 2.24) is 0 Å². The van der Waals surface area contributed by atoms with Gasteiger partial charge in [-0.3, -0.25) is 10.1 Å². The molecule has 1 N–H and O–H groups in total. The first-order valence-corrected chi connectivity index (χ1v) is 6.66. The number of nitrogens with one attached hydrogen (secondary N) is 1. The molecule has 0 saturated heterocycles. The molecule has 2 aromatic carbocycles. The van der Waals surface area contributed by atoms with E-state index in [-0.39, 0.29) is 12.2 Å². The Kier molecular flexibility index (Phi) is 4.47. The number of benzene rings is 2.